The van der Waals surface area contributed by atoms with Crippen LogP contribution >= 0.6 is 11.6 Å². The van der Waals surface area contributed by atoms with Crippen molar-refractivity contribution in [3.63, 3.8) is 0 Å². The molecular weight excluding hydrogens is 761 g/mol. The molecule has 0 fully saturated rings. The van der Waals surface area contributed by atoms with Gasteiger partial charge in [0.2, 0.25) is 23.6 Å². The van der Waals surface area contributed by atoms with Crippen molar-refractivity contribution in [2.45, 2.75) is 50.2 Å². The minimum atomic E-state index is -4.96. The average Bonchev–Trinajstić information content (AvgIpc) is 3.56. The topological polar surface area (TPSA) is 222 Å². The number of alkyl halides is 3. The lowest BCUT2D eigenvalue weighted by molar-refractivity contribution is -0.274. The molecule has 5 aromatic rings. The van der Waals surface area contributed by atoms with Gasteiger partial charge in [0.05, 0.1) is 6.42 Å². The fourth-order valence-electron chi connectivity index (χ4n) is 5.73. The number of halogens is 4. The summed E-state index contributed by atoms with van der Waals surface area (Å²) in [6.07, 6.45) is -6.86. The van der Waals surface area contributed by atoms with Crippen molar-refractivity contribution in [2.24, 2.45) is 5.73 Å². The highest BCUT2D eigenvalue weighted by atomic mass is 35.5. The number of benzene rings is 4. The van der Waals surface area contributed by atoms with Crippen molar-refractivity contribution in [1.82, 2.24) is 20.9 Å². The molecule has 5 rings (SSSR count). The van der Waals surface area contributed by atoms with Gasteiger partial charge in [-0.2, -0.15) is 0 Å². The molecule has 5 amide bonds. The van der Waals surface area contributed by atoms with Gasteiger partial charge < -0.3 is 41.8 Å². The lowest BCUT2D eigenvalue weighted by atomic mass is 10.0. The number of anilines is 1. The summed E-state index contributed by atoms with van der Waals surface area (Å²) in [5.74, 6) is -6.56. The lowest BCUT2D eigenvalue weighted by Crippen LogP contribution is -2.57. The van der Waals surface area contributed by atoms with E-state index in [0.29, 0.717) is 21.5 Å². The number of carboxylic acids is 1. The number of aliphatic carboxylic acids is 1. The van der Waals surface area contributed by atoms with E-state index in [-0.39, 0.29) is 17.8 Å². The van der Waals surface area contributed by atoms with Crippen molar-refractivity contribution >= 4 is 74.5 Å². The summed E-state index contributed by atoms with van der Waals surface area (Å²) in [6.45, 7) is 0. The summed E-state index contributed by atoms with van der Waals surface area (Å²) < 4.78 is 41.5. The zero-order chi connectivity index (χ0) is 40.6. The van der Waals surface area contributed by atoms with Crippen LogP contribution in [0.4, 0.5) is 18.9 Å². The molecule has 18 heteroatoms. The summed E-state index contributed by atoms with van der Waals surface area (Å²) in [7, 11) is 0. The van der Waals surface area contributed by atoms with Crippen molar-refractivity contribution in [2.75, 3.05) is 5.32 Å². The second-order valence-electron chi connectivity index (χ2n) is 12.6. The van der Waals surface area contributed by atoms with Crippen LogP contribution in [-0.2, 0) is 30.4 Å². The Bertz CT molecular complexity index is 2280. The van der Waals surface area contributed by atoms with Crippen LogP contribution in [0.25, 0.3) is 21.7 Å². The number of nitrogens with two attached hydrogens (primary N) is 1. The Morgan fingerprint density at radius 3 is 2.12 bits per heavy atom. The first-order valence-electron chi connectivity index (χ1n) is 16.9. The van der Waals surface area contributed by atoms with E-state index >= 15 is 0 Å². The highest BCUT2D eigenvalue weighted by molar-refractivity contribution is 6.31. The first kappa shape index (κ1) is 40.6. The third kappa shape index (κ3) is 11.4. The first-order valence-corrected chi connectivity index (χ1v) is 17.2. The maximum atomic E-state index is 14.0. The number of fused-ring (bicyclic) bond motifs is 2. The van der Waals surface area contributed by atoms with Crippen LogP contribution in [0.3, 0.4) is 0 Å². The van der Waals surface area contributed by atoms with Gasteiger partial charge in [0.1, 0.15) is 29.6 Å². The number of aromatic nitrogens is 1. The summed E-state index contributed by atoms with van der Waals surface area (Å²) in [6, 6.07) is 18.8. The molecule has 0 aliphatic carbocycles. The number of hydrogen-bond donors (Lipinski definition) is 7. The molecule has 292 valence electrons. The van der Waals surface area contributed by atoms with Crippen LogP contribution < -0.4 is 31.7 Å². The van der Waals surface area contributed by atoms with Crippen molar-refractivity contribution in [1.29, 1.82) is 0 Å². The van der Waals surface area contributed by atoms with E-state index in [2.05, 4.69) is 31.0 Å². The molecular formula is C38H34ClF3N6O8. The van der Waals surface area contributed by atoms with E-state index in [1.807, 2.05) is 36.4 Å². The highest BCUT2D eigenvalue weighted by Gasteiger charge is 2.33. The zero-order valence-electron chi connectivity index (χ0n) is 29.1. The monoisotopic (exact) mass is 794 g/mol. The quantitative estimate of drug-likeness (QED) is 0.0749. The summed E-state index contributed by atoms with van der Waals surface area (Å²) in [5, 5.41) is 21.9. The van der Waals surface area contributed by atoms with E-state index in [1.165, 1.54) is 6.07 Å². The third-order valence-electron chi connectivity index (χ3n) is 8.38. The minimum Gasteiger partial charge on any atom is -0.481 e. The average molecular weight is 795 g/mol. The second kappa shape index (κ2) is 17.7. The molecule has 0 aliphatic heterocycles. The van der Waals surface area contributed by atoms with Gasteiger partial charge in [-0.25, -0.2) is 0 Å². The standard InChI is InChI=1S/C38H34ClF3N6O8/c39-24-7-12-27-23(17-24)18-30(45-27)36(54)47-29(16-20-5-6-21-3-1-2-4-22(21)15-20)35(53)48-31(19-32(43)49)37(55)46-28(13-14-33(50)51)34(52)44-25-8-10-26(11-9-25)56-38(40,41)42/h1-12,15,17-18,28-29,31,45H,13-14,16,19H2,(H2,43,49)(H,44,52)(H,46,55)(H,47,54)(H,48,53)(H,50,51)/t28-,29-,31-/m0/s1. The van der Waals surface area contributed by atoms with Crippen molar-refractivity contribution in [3.8, 4) is 5.75 Å². The molecule has 8 N–H and O–H groups in total. The predicted molar refractivity (Wildman–Crippen MR) is 199 cm³/mol. The van der Waals surface area contributed by atoms with Gasteiger partial charge in [0, 0.05) is 34.5 Å². The molecule has 0 saturated carbocycles. The van der Waals surface area contributed by atoms with Crippen LogP contribution in [0, 0.1) is 0 Å². The van der Waals surface area contributed by atoms with Crippen LogP contribution in [0.5, 0.6) is 5.75 Å². The molecule has 0 unspecified atom stereocenters. The molecule has 4 aromatic carbocycles. The molecule has 0 saturated heterocycles. The highest BCUT2D eigenvalue weighted by Crippen LogP contribution is 2.25. The summed E-state index contributed by atoms with van der Waals surface area (Å²) >= 11 is 6.10. The minimum absolute atomic E-state index is 0.0218. The number of amides is 5. The zero-order valence-corrected chi connectivity index (χ0v) is 29.9. The largest absolute Gasteiger partial charge is 0.573 e. The van der Waals surface area contributed by atoms with Gasteiger partial charge in [-0.15, -0.1) is 13.2 Å². The van der Waals surface area contributed by atoms with Crippen LogP contribution in [0.15, 0.2) is 91.0 Å². The molecule has 0 radical (unpaired) electrons. The maximum absolute atomic E-state index is 14.0. The Morgan fingerprint density at radius 2 is 1.45 bits per heavy atom. The van der Waals surface area contributed by atoms with Gasteiger partial charge in [-0.05, 0) is 71.3 Å². The third-order valence-corrected chi connectivity index (χ3v) is 8.61. The van der Waals surface area contributed by atoms with Crippen molar-refractivity contribution < 1.29 is 51.8 Å². The number of carbonyl (C=O) groups is 6. The van der Waals surface area contributed by atoms with Crippen LogP contribution in [0.2, 0.25) is 5.02 Å². The maximum Gasteiger partial charge on any atom is 0.573 e. The van der Waals surface area contributed by atoms with Gasteiger partial charge in [-0.3, -0.25) is 28.8 Å². The number of H-pyrrole nitrogens is 1. The normalized spacial score (nSPS) is 12.9. The Balaban J connectivity index is 1.36. The summed E-state index contributed by atoms with van der Waals surface area (Å²) in [5.41, 5.74) is 6.72. The fourth-order valence-corrected chi connectivity index (χ4v) is 5.91. The van der Waals surface area contributed by atoms with E-state index < -0.39 is 85.0 Å². The number of nitrogens with one attached hydrogen (secondary N) is 5. The van der Waals surface area contributed by atoms with E-state index in [1.54, 1.807) is 24.3 Å². The first-order chi connectivity index (χ1) is 26.5. The summed E-state index contributed by atoms with van der Waals surface area (Å²) in [4.78, 5) is 80.8. The number of aromatic amines is 1. The number of primary amides is 1. The van der Waals surface area contributed by atoms with Gasteiger partial charge in [-0.1, -0.05) is 54.1 Å². The molecule has 0 spiro atoms. The molecule has 56 heavy (non-hydrogen) atoms. The fraction of sp³-hybridized carbons (Fsp3) is 0.211. The number of ether oxygens (including phenoxy) is 1. The number of rotatable bonds is 16. The molecule has 1 heterocycles. The molecule has 0 bridgehead atoms. The smallest absolute Gasteiger partial charge is 0.481 e. The van der Waals surface area contributed by atoms with Crippen LogP contribution in [-0.4, -0.2) is 70.1 Å². The van der Waals surface area contributed by atoms with Gasteiger partial charge in [0.25, 0.3) is 5.91 Å². The Hall–Kier alpha value is -6.62. The van der Waals surface area contributed by atoms with Gasteiger partial charge in [0.15, 0.2) is 0 Å². The number of hydrogen-bond acceptors (Lipinski definition) is 7. The number of carboxylic acid groups (broad SMARTS) is 1. The van der Waals surface area contributed by atoms with Gasteiger partial charge >= 0.3 is 12.3 Å². The van der Waals surface area contributed by atoms with E-state index in [0.717, 1.165) is 35.0 Å². The van der Waals surface area contributed by atoms with E-state index in [4.69, 9.17) is 17.3 Å². The SMILES string of the molecule is NC(=O)C[C@H](NC(=O)[C@H](Cc1ccc2ccccc2c1)NC(=O)c1cc2cc(Cl)ccc2[nH]1)C(=O)N[C@@H](CCC(=O)O)C(=O)Nc1ccc(OC(F)(F)F)cc1. The molecule has 1 aromatic heterocycles. The number of carbonyl (C=O) groups excluding carboxylic acids is 5. The van der Waals surface area contributed by atoms with Crippen molar-refractivity contribution in [3.05, 3.63) is 107 Å². The lowest BCUT2D eigenvalue weighted by Gasteiger charge is -2.25. The predicted octanol–water partition coefficient (Wildman–Crippen LogP) is 4.56. The Kier molecular flexibility index (Phi) is 12.8. The second-order valence-corrected chi connectivity index (χ2v) is 13.0. The molecule has 3 atom stereocenters. The molecule has 0 aliphatic rings. The molecule has 14 nitrogen and oxygen atoms in total. The Morgan fingerprint density at radius 1 is 0.768 bits per heavy atom. The van der Waals surface area contributed by atoms with Crippen LogP contribution in [0.1, 0.15) is 35.3 Å². The Labute approximate surface area is 320 Å². The van der Waals surface area contributed by atoms with E-state index in [9.17, 15) is 47.0 Å².